The van der Waals surface area contributed by atoms with Crippen molar-refractivity contribution in [2.45, 2.75) is 19.5 Å². The van der Waals surface area contributed by atoms with E-state index in [1.54, 1.807) is 0 Å². The summed E-state index contributed by atoms with van der Waals surface area (Å²) in [5.41, 5.74) is 7.33. The van der Waals surface area contributed by atoms with Gasteiger partial charge in [0.25, 0.3) is 0 Å². The second-order valence-electron chi connectivity index (χ2n) is 4.18. The first-order chi connectivity index (χ1) is 8.04. The molecule has 0 saturated carbocycles. The summed E-state index contributed by atoms with van der Waals surface area (Å²) in [6.07, 6.45) is 3.73. The van der Waals surface area contributed by atoms with Crippen molar-refractivity contribution < 1.29 is 8.78 Å². The van der Waals surface area contributed by atoms with Gasteiger partial charge in [-0.25, -0.2) is 8.78 Å². The van der Waals surface area contributed by atoms with E-state index < -0.39 is 11.6 Å². The van der Waals surface area contributed by atoms with Crippen molar-refractivity contribution in [1.29, 1.82) is 0 Å². The van der Waals surface area contributed by atoms with E-state index in [9.17, 15) is 8.78 Å². The van der Waals surface area contributed by atoms with Crippen LogP contribution in [0.5, 0.6) is 0 Å². The molecule has 1 atom stereocenters. The van der Waals surface area contributed by atoms with E-state index in [0.717, 1.165) is 11.6 Å². The van der Waals surface area contributed by atoms with E-state index in [4.69, 9.17) is 5.73 Å². The predicted molar refractivity (Wildman–Crippen MR) is 62.5 cm³/mol. The van der Waals surface area contributed by atoms with Gasteiger partial charge < -0.3 is 10.3 Å². The number of benzene rings is 1. The largest absolute Gasteiger partial charge is 0.350 e. The molecular formula is C13H14F2N2. The molecule has 2 nitrogen and oxygen atoms in total. The lowest BCUT2D eigenvalue weighted by atomic mass is 10.2. The van der Waals surface area contributed by atoms with Crippen LogP contribution in [0, 0.1) is 11.6 Å². The minimum atomic E-state index is -0.556. The fourth-order valence-corrected chi connectivity index (χ4v) is 1.74. The molecule has 0 radical (unpaired) electrons. The first kappa shape index (κ1) is 11.8. The maximum absolute atomic E-state index is 13.0. The zero-order chi connectivity index (χ0) is 12.4. The number of hydrogen-bond acceptors (Lipinski definition) is 1. The van der Waals surface area contributed by atoms with Gasteiger partial charge in [-0.3, -0.25) is 0 Å². The third-order valence-electron chi connectivity index (χ3n) is 2.59. The lowest BCUT2D eigenvalue weighted by molar-refractivity contribution is 0.577. The maximum Gasteiger partial charge on any atom is 0.126 e. The Morgan fingerprint density at radius 3 is 2.41 bits per heavy atom. The van der Waals surface area contributed by atoms with E-state index >= 15 is 0 Å². The summed E-state index contributed by atoms with van der Waals surface area (Å²) in [6.45, 7) is 2.32. The molecule has 90 valence electrons. The molecule has 2 N–H and O–H groups in total. The summed E-state index contributed by atoms with van der Waals surface area (Å²) in [6, 6.07) is 5.39. The number of hydrogen-bond donors (Lipinski definition) is 1. The molecule has 2 aromatic rings. The first-order valence-electron chi connectivity index (χ1n) is 5.41. The first-order valence-corrected chi connectivity index (χ1v) is 5.41. The minimum Gasteiger partial charge on any atom is -0.350 e. The molecular weight excluding hydrogens is 222 g/mol. The Hall–Kier alpha value is -1.68. The molecule has 0 aliphatic rings. The summed E-state index contributed by atoms with van der Waals surface area (Å²) in [5.74, 6) is -1.11. The van der Waals surface area contributed by atoms with Gasteiger partial charge in [0.05, 0.1) is 0 Å². The normalized spacial score (nSPS) is 12.7. The van der Waals surface area contributed by atoms with Crippen LogP contribution in [-0.2, 0) is 6.54 Å². The van der Waals surface area contributed by atoms with E-state index in [2.05, 4.69) is 0 Å². The second kappa shape index (κ2) is 4.67. The Morgan fingerprint density at radius 1 is 1.24 bits per heavy atom. The molecule has 0 fully saturated rings. The molecule has 2 rings (SSSR count). The van der Waals surface area contributed by atoms with Crippen molar-refractivity contribution in [2.24, 2.45) is 5.73 Å². The average Bonchev–Trinajstić information content (AvgIpc) is 2.64. The number of halogens is 2. The van der Waals surface area contributed by atoms with Crippen LogP contribution in [0.25, 0.3) is 0 Å². The van der Waals surface area contributed by atoms with Crippen LogP contribution in [0.2, 0.25) is 0 Å². The van der Waals surface area contributed by atoms with Gasteiger partial charge in [0.1, 0.15) is 11.6 Å². The smallest absolute Gasteiger partial charge is 0.126 e. The number of aromatic nitrogens is 1. The van der Waals surface area contributed by atoms with Gasteiger partial charge in [0.15, 0.2) is 0 Å². The summed E-state index contributed by atoms with van der Waals surface area (Å²) in [7, 11) is 0. The Kier molecular flexibility index (Phi) is 3.24. The summed E-state index contributed by atoms with van der Waals surface area (Å²) in [4.78, 5) is 0. The van der Waals surface area contributed by atoms with Crippen molar-refractivity contribution in [2.75, 3.05) is 0 Å². The lowest BCUT2D eigenvalue weighted by Crippen LogP contribution is -2.04. The van der Waals surface area contributed by atoms with Crippen molar-refractivity contribution in [3.05, 3.63) is 59.4 Å². The zero-order valence-corrected chi connectivity index (χ0v) is 9.53. The highest BCUT2D eigenvalue weighted by molar-refractivity contribution is 5.20. The van der Waals surface area contributed by atoms with Gasteiger partial charge >= 0.3 is 0 Å². The molecule has 0 spiro atoms. The van der Waals surface area contributed by atoms with Gasteiger partial charge in [0, 0.05) is 31.0 Å². The molecule has 0 amide bonds. The summed E-state index contributed by atoms with van der Waals surface area (Å²) in [5, 5.41) is 0. The van der Waals surface area contributed by atoms with Crippen LogP contribution >= 0.6 is 0 Å². The fourth-order valence-electron chi connectivity index (χ4n) is 1.74. The maximum atomic E-state index is 13.0. The summed E-state index contributed by atoms with van der Waals surface area (Å²) < 4.78 is 27.8. The summed E-state index contributed by atoms with van der Waals surface area (Å²) >= 11 is 0. The van der Waals surface area contributed by atoms with Gasteiger partial charge in [-0.2, -0.15) is 0 Å². The third-order valence-corrected chi connectivity index (χ3v) is 2.59. The fraction of sp³-hybridized carbons (Fsp3) is 0.231. The molecule has 1 aromatic carbocycles. The van der Waals surface area contributed by atoms with Gasteiger partial charge in [-0.1, -0.05) is 0 Å². The molecule has 4 heteroatoms. The molecule has 0 aliphatic heterocycles. The van der Waals surface area contributed by atoms with Crippen LogP contribution in [0.1, 0.15) is 24.1 Å². The molecule has 0 bridgehead atoms. The van der Waals surface area contributed by atoms with E-state index in [-0.39, 0.29) is 6.04 Å². The zero-order valence-electron chi connectivity index (χ0n) is 9.53. The monoisotopic (exact) mass is 236 g/mol. The van der Waals surface area contributed by atoms with Crippen LogP contribution in [0.3, 0.4) is 0 Å². The second-order valence-corrected chi connectivity index (χ2v) is 4.18. The molecule has 0 saturated heterocycles. The standard InChI is InChI=1S/C13H14F2N2/c1-9(16)11-2-3-17(8-11)7-10-4-12(14)6-13(15)5-10/h2-6,8-9H,7,16H2,1H3. The highest BCUT2D eigenvalue weighted by atomic mass is 19.1. The van der Waals surface area contributed by atoms with Crippen molar-refractivity contribution in [3.63, 3.8) is 0 Å². The quantitative estimate of drug-likeness (QED) is 0.872. The van der Waals surface area contributed by atoms with Crippen molar-refractivity contribution in [3.8, 4) is 0 Å². The SMILES string of the molecule is CC(N)c1ccn(Cc2cc(F)cc(F)c2)c1. The highest BCUT2D eigenvalue weighted by Gasteiger charge is 2.04. The third kappa shape index (κ3) is 2.91. The van der Waals surface area contributed by atoms with Gasteiger partial charge in [-0.15, -0.1) is 0 Å². The Labute approximate surface area is 98.7 Å². The van der Waals surface area contributed by atoms with Gasteiger partial charge in [-0.05, 0) is 36.2 Å². The Morgan fingerprint density at radius 2 is 1.88 bits per heavy atom. The van der Waals surface area contributed by atoms with Crippen LogP contribution < -0.4 is 5.73 Å². The highest BCUT2D eigenvalue weighted by Crippen LogP contribution is 2.13. The number of rotatable bonds is 3. The molecule has 17 heavy (non-hydrogen) atoms. The molecule has 1 unspecified atom stereocenters. The van der Waals surface area contributed by atoms with E-state index in [1.165, 1.54) is 12.1 Å². The van der Waals surface area contributed by atoms with Crippen LogP contribution in [0.15, 0.2) is 36.7 Å². The topological polar surface area (TPSA) is 30.9 Å². The molecule has 1 aromatic heterocycles. The van der Waals surface area contributed by atoms with Crippen molar-refractivity contribution >= 4 is 0 Å². The van der Waals surface area contributed by atoms with Crippen LogP contribution in [0.4, 0.5) is 8.78 Å². The Balaban J connectivity index is 2.19. The van der Waals surface area contributed by atoms with Crippen LogP contribution in [-0.4, -0.2) is 4.57 Å². The predicted octanol–water partition coefficient (Wildman–Crippen LogP) is 2.83. The van der Waals surface area contributed by atoms with E-state index in [1.807, 2.05) is 30.0 Å². The molecule has 0 aliphatic carbocycles. The lowest BCUT2D eigenvalue weighted by Gasteiger charge is -2.04. The number of nitrogens with zero attached hydrogens (tertiary/aromatic N) is 1. The van der Waals surface area contributed by atoms with E-state index in [0.29, 0.717) is 12.1 Å². The average molecular weight is 236 g/mol. The molecule has 1 heterocycles. The van der Waals surface area contributed by atoms with Crippen molar-refractivity contribution in [1.82, 2.24) is 4.57 Å². The Bertz CT molecular complexity index is 498. The van der Waals surface area contributed by atoms with Gasteiger partial charge in [0.2, 0.25) is 0 Å². The number of nitrogens with two attached hydrogens (primary N) is 1. The minimum absolute atomic E-state index is 0.0412.